The van der Waals surface area contributed by atoms with Crippen LogP contribution >= 0.6 is 0 Å². The van der Waals surface area contributed by atoms with Gasteiger partial charge in [0.05, 0.1) is 31.8 Å². The molecule has 5 aliphatic rings. The highest BCUT2D eigenvalue weighted by Gasteiger charge is 2.85. The molecule has 1 aromatic heterocycles. The summed E-state index contributed by atoms with van der Waals surface area (Å²) in [5, 5.41) is 0. The van der Waals surface area contributed by atoms with Crippen molar-refractivity contribution in [1.29, 1.82) is 0 Å². The standard InChI is InChI=1S/C29H36O8/c1-14-23-24(36-20-12-19(31)26(3,4)18(27(20,23)5)11-22(32)33-7)25(35-15(2)30)28(6)17(16-8-9-34-13-16)10-21-29(14,28)37-21/h8-9,13,17-18,20-21,23-25H,1,10-12H2,2-7H3. The van der Waals surface area contributed by atoms with Gasteiger partial charge in [0.25, 0.3) is 0 Å². The molecule has 10 atom stereocenters. The molecule has 0 bridgehead atoms. The summed E-state index contributed by atoms with van der Waals surface area (Å²) in [4.78, 5) is 38.6. The normalized spacial score (nSPS) is 46.9. The third-order valence-electron chi connectivity index (χ3n) is 11.0. The maximum Gasteiger partial charge on any atom is 0.305 e. The van der Waals surface area contributed by atoms with Crippen LogP contribution in [0.4, 0.5) is 0 Å². The van der Waals surface area contributed by atoms with Crippen molar-refractivity contribution in [3.05, 3.63) is 36.3 Å². The number of esters is 2. The summed E-state index contributed by atoms with van der Waals surface area (Å²) in [5.41, 5.74) is -0.781. The van der Waals surface area contributed by atoms with Gasteiger partial charge in [-0.05, 0) is 29.5 Å². The van der Waals surface area contributed by atoms with Crippen LogP contribution in [0.2, 0.25) is 0 Å². The van der Waals surface area contributed by atoms with Crippen molar-refractivity contribution in [2.24, 2.45) is 28.1 Å². The van der Waals surface area contributed by atoms with Crippen LogP contribution < -0.4 is 0 Å². The fourth-order valence-corrected chi connectivity index (χ4v) is 9.16. The molecule has 3 saturated carbocycles. The fourth-order valence-electron chi connectivity index (χ4n) is 9.16. The quantitative estimate of drug-likeness (QED) is 0.339. The predicted molar refractivity (Wildman–Crippen MR) is 130 cm³/mol. The summed E-state index contributed by atoms with van der Waals surface area (Å²) in [7, 11) is 1.37. The number of rotatable bonds is 4. The summed E-state index contributed by atoms with van der Waals surface area (Å²) in [6, 6.07) is 1.96. The average molecular weight is 513 g/mol. The Balaban J connectivity index is 1.51. The van der Waals surface area contributed by atoms with Crippen molar-refractivity contribution in [3.63, 3.8) is 0 Å². The molecule has 2 saturated heterocycles. The van der Waals surface area contributed by atoms with Crippen LogP contribution in [-0.4, -0.2) is 54.8 Å². The van der Waals surface area contributed by atoms with E-state index in [0.29, 0.717) is 0 Å². The van der Waals surface area contributed by atoms with Gasteiger partial charge in [-0.2, -0.15) is 0 Å². The van der Waals surface area contributed by atoms with E-state index in [1.807, 2.05) is 19.9 Å². The van der Waals surface area contributed by atoms with Crippen molar-refractivity contribution in [3.8, 4) is 0 Å². The maximum atomic E-state index is 13.4. The van der Waals surface area contributed by atoms with Crippen molar-refractivity contribution in [2.45, 2.75) is 89.8 Å². The van der Waals surface area contributed by atoms with E-state index in [0.717, 1.165) is 17.6 Å². The van der Waals surface area contributed by atoms with Crippen molar-refractivity contribution in [1.82, 2.24) is 0 Å². The minimum atomic E-state index is -0.772. The molecule has 1 aromatic rings. The number of hydrogen-bond acceptors (Lipinski definition) is 8. The fraction of sp³-hybridized carbons (Fsp3) is 0.690. The second-order valence-corrected chi connectivity index (χ2v) is 12.6. The first-order chi connectivity index (χ1) is 17.3. The topological polar surface area (TPSA) is 105 Å². The Kier molecular flexibility index (Phi) is 5.08. The van der Waals surface area contributed by atoms with Crippen molar-refractivity contribution in [2.75, 3.05) is 7.11 Å². The van der Waals surface area contributed by atoms with Crippen LogP contribution in [-0.2, 0) is 33.3 Å². The molecular formula is C29H36O8. The molecule has 2 aliphatic heterocycles. The first kappa shape index (κ1) is 24.9. The monoisotopic (exact) mass is 512 g/mol. The van der Waals surface area contributed by atoms with E-state index in [1.165, 1.54) is 14.0 Å². The van der Waals surface area contributed by atoms with Crippen LogP contribution in [0.25, 0.3) is 0 Å². The minimum absolute atomic E-state index is 0.00928. The van der Waals surface area contributed by atoms with Gasteiger partial charge in [0.2, 0.25) is 0 Å². The smallest absolute Gasteiger partial charge is 0.305 e. The van der Waals surface area contributed by atoms with E-state index in [4.69, 9.17) is 23.4 Å². The van der Waals surface area contributed by atoms with Gasteiger partial charge in [-0.1, -0.05) is 34.3 Å². The van der Waals surface area contributed by atoms with E-state index < -0.39 is 46.1 Å². The van der Waals surface area contributed by atoms with Crippen LogP contribution in [0.15, 0.2) is 35.2 Å². The number of hydrogen-bond donors (Lipinski definition) is 0. The van der Waals surface area contributed by atoms with Gasteiger partial charge in [-0.25, -0.2) is 0 Å². The molecular weight excluding hydrogens is 476 g/mol. The molecule has 0 N–H and O–H groups in total. The second kappa shape index (κ2) is 7.56. The molecule has 37 heavy (non-hydrogen) atoms. The van der Waals surface area contributed by atoms with E-state index in [1.54, 1.807) is 12.5 Å². The SMILES string of the molecule is C=C1C2C(OC3CC(=O)C(C)(C)C(CC(=O)OC)C32C)C(OC(C)=O)C2(C)C(c3ccoc3)CC3OC132. The molecule has 5 fully saturated rings. The highest BCUT2D eigenvalue weighted by atomic mass is 16.6. The zero-order valence-electron chi connectivity index (χ0n) is 22.4. The van der Waals surface area contributed by atoms with Gasteiger partial charge in [-0.3, -0.25) is 14.4 Å². The first-order valence-corrected chi connectivity index (χ1v) is 13.2. The van der Waals surface area contributed by atoms with E-state index in [9.17, 15) is 14.4 Å². The summed E-state index contributed by atoms with van der Waals surface area (Å²) in [5.74, 6) is -1.32. The highest BCUT2D eigenvalue weighted by Crippen LogP contribution is 2.78. The number of furan rings is 1. The summed E-state index contributed by atoms with van der Waals surface area (Å²) >= 11 is 0. The Morgan fingerprint density at radius 3 is 2.54 bits per heavy atom. The molecule has 200 valence electrons. The van der Waals surface area contributed by atoms with Gasteiger partial charge in [-0.15, -0.1) is 0 Å². The van der Waals surface area contributed by atoms with Gasteiger partial charge >= 0.3 is 11.9 Å². The number of fused-ring (bicyclic) bond motifs is 3. The minimum Gasteiger partial charge on any atom is -0.472 e. The average Bonchev–Trinajstić information content (AvgIpc) is 3.09. The number of carbonyl (C=O) groups is 3. The summed E-state index contributed by atoms with van der Waals surface area (Å²) in [6.07, 6.45) is 2.80. The molecule has 3 aliphatic carbocycles. The Morgan fingerprint density at radius 2 is 1.92 bits per heavy atom. The van der Waals surface area contributed by atoms with Crippen LogP contribution in [0.5, 0.6) is 0 Å². The van der Waals surface area contributed by atoms with Gasteiger partial charge < -0.3 is 23.4 Å². The molecule has 1 spiro atoms. The van der Waals surface area contributed by atoms with E-state index in [2.05, 4.69) is 20.4 Å². The second-order valence-electron chi connectivity index (χ2n) is 12.6. The summed E-state index contributed by atoms with van der Waals surface area (Å²) in [6.45, 7) is 14.1. The number of ketones is 1. The van der Waals surface area contributed by atoms with Gasteiger partial charge in [0.1, 0.15) is 23.6 Å². The predicted octanol–water partition coefficient (Wildman–Crippen LogP) is 3.98. The molecule has 10 unspecified atom stereocenters. The lowest BCUT2D eigenvalue weighted by atomic mass is 9.45. The van der Waals surface area contributed by atoms with E-state index >= 15 is 0 Å². The zero-order chi connectivity index (χ0) is 26.7. The molecule has 3 heterocycles. The molecule has 0 radical (unpaired) electrons. The molecule has 8 nitrogen and oxygen atoms in total. The lowest BCUT2D eigenvalue weighted by molar-refractivity contribution is -0.185. The highest BCUT2D eigenvalue weighted by molar-refractivity contribution is 5.87. The number of Topliss-reactive ketones (excluding diaryl/α,β-unsaturated/α-hetero) is 1. The van der Waals surface area contributed by atoms with E-state index in [-0.39, 0.29) is 48.5 Å². The molecule has 8 heteroatoms. The number of epoxide rings is 1. The Labute approximate surface area is 217 Å². The first-order valence-electron chi connectivity index (χ1n) is 13.2. The lowest BCUT2D eigenvalue weighted by Crippen LogP contribution is -2.64. The van der Waals surface area contributed by atoms with Crippen LogP contribution in [0.3, 0.4) is 0 Å². The van der Waals surface area contributed by atoms with Crippen LogP contribution in [0, 0.1) is 28.1 Å². The van der Waals surface area contributed by atoms with Crippen molar-refractivity contribution < 1.29 is 37.7 Å². The number of carbonyl (C=O) groups excluding carboxylic acids is 3. The molecule has 0 amide bonds. The third-order valence-corrected chi connectivity index (χ3v) is 11.0. The Hall–Kier alpha value is -2.45. The maximum absolute atomic E-state index is 13.4. The summed E-state index contributed by atoms with van der Waals surface area (Å²) < 4.78 is 30.0. The largest absolute Gasteiger partial charge is 0.472 e. The van der Waals surface area contributed by atoms with Crippen molar-refractivity contribution >= 4 is 17.7 Å². The molecule has 6 rings (SSSR count). The van der Waals surface area contributed by atoms with Gasteiger partial charge in [0, 0.05) is 47.8 Å². The number of ether oxygens (including phenoxy) is 4. The Bertz CT molecular complexity index is 1180. The number of methoxy groups -OCH3 is 1. The lowest BCUT2D eigenvalue weighted by Gasteiger charge is -2.57. The Morgan fingerprint density at radius 1 is 1.19 bits per heavy atom. The van der Waals surface area contributed by atoms with Gasteiger partial charge in [0.15, 0.2) is 0 Å². The zero-order valence-corrected chi connectivity index (χ0v) is 22.4. The molecule has 0 aromatic carbocycles. The van der Waals surface area contributed by atoms with Crippen LogP contribution in [0.1, 0.15) is 65.4 Å². The third kappa shape index (κ3) is 2.83.